The van der Waals surface area contributed by atoms with E-state index in [0.717, 1.165) is 22.5 Å². The quantitative estimate of drug-likeness (QED) is 0.638. The molecule has 1 heterocycles. The van der Waals surface area contributed by atoms with Crippen molar-refractivity contribution in [3.8, 4) is 12.3 Å². The standard InChI is InChI=1S/C21H23N3O/c1-5-7-18(8-6-2)20-14-24(15-22-20)12-11-21(25)23-19-10-9-16(3)13-17(19)4/h1,6-10,13-15H,11-12H2,2-4H3,(H,23,25)/b8-6-,18-7+. The number of hydrogen-bond acceptors (Lipinski definition) is 2. The second-order valence-electron chi connectivity index (χ2n) is 5.88. The number of hydrogen-bond donors (Lipinski definition) is 1. The summed E-state index contributed by atoms with van der Waals surface area (Å²) in [6.45, 7) is 6.51. The molecule has 128 valence electrons. The van der Waals surface area contributed by atoms with Crippen molar-refractivity contribution in [2.45, 2.75) is 33.7 Å². The van der Waals surface area contributed by atoms with Crippen LogP contribution >= 0.6 is 0 Å². The van der Waals surface area contributed by atoms with Crippen molar-refractivity contribution >= 4 is 17.2 Å². The zero-order valence-corrected chi connectivity index (χ0v) is 14.9. The number of aromatic nitrogens is 2. The molecule has 1 aromatic carbocycles. The molecule has 4 heteroatoms. The van der Waals surface area contributed by atoms with Crippen molar-refractivity contribution in [2.75, 3.05) is 5.32 Å². The molecule has 0 aliphatic heterocycles. The molecule has 0 fully saturated rings. The molecule has 0 radical (unpaired) electrons. The van der Waals surface area contributed by atoms with Gasteiger partial charge in [-0.25, -0.2) is 4.98 Å². The largest absolute Gasteiger partial charge is 0.336 e. The number of amides is 1. The summed E-state index contributed by atoms with van der Waals surface area (Å²) in [6, 6.07) is 5.98. The van der Waals surface area contributed by atoms with Crippen LogP contribution in [0.3, 0.4) is 0 Å². The van der Waals surface area contributed by atoms with Gasteiger partial charge in [0.15, 0.2) is 0 Å². The highest BCUT2D eigenvalue weighted by atomic mass is 16.1. The van der Waals surface area contributed by atoms with Gasteiger partial charge in [-0.2, -0.15) is 0 Å². The van der Waals surface area contributed by atoms with Crippen molar-refractivity contribution in [1.29, 1.82) is 0 Å². The molecule has 0 atom stereocenters. The van der Waals surface area contributed by atoms with Gasteiger partial charge in [-0.3, -0.25) is 4.79 Å². The van der Waals surface area contributed by atoms with Gasteiger partial charge in [0, 0.05) is 30.4 Å². The molecule has 2 rings (SSSR count). The summed E-state index contributed by atoms with van der Waals surface area (Å²) in [5, 5.41) is 2.96. The van der Waals surface area contributed by atoms with Crippen molar-refractivity contribution in [1.82, 2.24) is 9.55 Å². The molecular formula is C21H23N3O. The van der Waals surface area contributed by atoms with Crippen LogP contribution in [0.2, 0.25) is 0 Å². The first kappa shape index (κ1) is 18.3. The number of nitrogens with one attached hydrogen (secondary N) is 1. The fourth-order valence-corrected chi connectivity index (χ4v) is 2.51. The molecular weight excluding hydrogens is 310 g/mol. The number of rotatable bonds is 6. The van der Waals surface area contributed by atoms with Crippen LogP contribution < -0.4 is 5.32 Å². The Kier molecular flexibility index (Phi) is 6.36. The minimum Gasteiger partial charge on any atom is -0.336 e. The van der Waals surface area contributed by atoms with Crippen molar-refractivity contribution in [2.24, 2.45) is 0 Å². The fourth-order valence-electron chi connectivity index (χ4n) is 2.51. The summed E-state index contributed by atoms with van der Waals surface area (Å²) in [5.74, 6) is 2.50. The Morgan fingerprint density at radius 1 is 1.40 bits per heavy atom. The number of allylic oxidation sites excluding steroid dienone is 4. The van der Waals surface area contributed by atoms with Crippen LogP contribution in [-0.2, 0) is 11.3 Å². The normalized spacial score (nSPS) is 11.5. The summed E-state index contributed by atoms with van der Waals surface area (Å²) in [7, 11) is 0. The highest BCUT2D eigenvalue weighted by Gasteiger charge is 2.07. The number of aryl methyl sites for hydroxylation is 3. The third-order valence-electron chi connectivity index (χ3n) is 3.77. The first-order valence-corrected chi connectivity index (χ1v) is 8.21. The average Bonchev–Trinajstić information content (AvgIpc) is 3.04. The van der Waals surface area contributed by atoms with Gasteiger partial charge in [-0.15, -0.1) is 6.42 Å². The highest BCUT2D eigenvalue weighted by molar-refractivity contribution is 5.91. The summed E-state index contributed by atoms with van der Waals surface area (Å²) >= 11 is 0. The first-order chi connectivity index (χ1) is 12.0. The molecule has 0 aliphatic rings. The number of imidazole rings is 1. The van der Waals surface area contributed by atoms with Gasteiger partial charge in [-0.05, 0) is 38.5 Å². The Hall–Kier alpha value is -3.06. The van der Waals surface area contributed by atoms with Gasteiger partial charge in [0.05, 0.1) is 12.0 Å². The zero-order valence-electron chi connectivity index (χ0n) is 14.9. The van der Waals surface area contributed by atoms with E-state index in [-0.39, 0.29) is 5.91 Å². The monoisotopic (exact) mass is 333 g/mol. The number of anilines is 1. The Bertz CT molecular complexity index is 850. The second-order valence-corrected chi connectivity index (χ2v) is 5.88. The van der Waals surface area contributed by atoms with Crippen molar-refractivity contribution < 1.29 is 4.79 Å². The van der Waals surface area contributed by atoms with Crippen LogP contribution in [-0.4, -0.2) is 15.5 Å². The maximum atomic E-state index is 12.2. The van der Waals surface area contributed by atoms with Gasteiger partial charge < -0.3 is 9.88 Å². The number of terminal acetylenes is 1. The molecule has 0 aliphatic carbocycles. The number of nitrogens with zero attached hydrogens (tertiary/aromatic N) is 2. The SMILES string of the molecule is C#C/C=C(\C=C/C)c1cn(CCC(=O)Nc2ccc(C)cc2C)cn1. The zero-order chi connectivity index (χ0) is 18.2. The smallest absolute Gasteiger partial charge is 0.226 e. The van der Waals surface area contributed by atoms with Crippen molar-refractivity contribution in [3.63, 3.8) is 0 Å². The lowest BCUT2D eigenvalue weighted by Gasteiger charge is -2.09. The Labute approximate surface area is 149 Å². The van der Waals surface area contributed by atoms with Crippen LogP contribution in [0.1, 0.15) is 30.2 Å². The predicted molar refractivity (Wildman–Crippen MR) is 103 cm³/mol. The molecule has 0 saturated carbocycles. The van der Waals surface area contributed by atoms with E-state index in [9.17, 15) is 4.79 Å². The van der Waals surface area contributed by atoms with Crippen LogP contribution in [0.4, 0.5) is 5.69 Å². The van der Waals surface area contributed by atoms with E-state index >= 15 is 0 Å². The minimum absolute atomic E-state index is 0.0185. The molecule has 4 nitrogen and oxygen atoms in total. The van der Waals surface area contributed by atoms with Crippen LogP contribution in [0.5, 0.6) is 0 Å². The third-order valence-corrected chi connectivity index (χ3v) is 3.77. The highest BCUT2D eigenvalue weighted by Crippen LogP contribution is 2.17. The van der Waals surface area contributed by atoms with Gasteiger partial charge in [-0.1, -0.05) is 35.8 Å². The van der Waals surface area contributed by atoms with Crippen molar-refractivity contribution in [3.05, 3.63) is 65.8 Å². The predicted octanol–water partition coefficient (Wildman–Crippen LogP) is 4.12. The van der Waals surface area contributed by atoms with E-state index in [0.29, 0.717) is 13.0 Å². The maximum absolute atomic E-state index is 12.2. The molecule has 0 spiro atoms. The van der Waals surface area contributed by atoms with Crippen LogP contribution in [0.25, 0.3) is 5.57 Å². The van der Waals surface area contributed by atoms with E-state index < -0.39 is 0 Å². The van der Waals surface area contributed by atoms with E-state index in [2.05, 4.69) is 22.3 Å². The molecule has 0 unspecified atom stereocenters. The summed E-state index contributed by atoms with van der Waals surface area (Å²) in [5.41, 5.74) is 4.77. The summed E-state index contributed by atoms with van der Waals surface area (Å²) in [6.07, 6.45) is 14.8. The molecule has 1 aromatic heterocycles. The van der Waals surface area contributed by atoms with Crippen LogP contribution in [0.15, 0.2) is 49.0 Å². The Morgan fingerprint density at radius 2 is 2.20 bits per heavy atom. The van der Waals surface area contributed by atoms with Gasteiger partial charge in [0.25, 0.3) is 0 Å². The molecule has 0 bridgehead atoms. The van der Waals surface area contributed by atoms with Gasteiger partial charge in [0.2, 0.25) is 5.91 Å². The van der Waals surface area contributed by atoms with E-state index in [4.69, 9.17) is 6.42 Å². The molecule has 1 amide bonds. The molecule has 25 heavy (non-hydrogen) atoms. The lowest BCUT2D eigenvalue weighted by molar-refractivity contribution is -0.116. The van der Waals surface area contributed by atoms with Gasteiger partial charge in [0.1, 0.15) is 0 Å². The molecule has 1 N–H and O–H groups in total. The Balaban J connectivity index is 1.96. The average molecular weight is 333 g/mol. The second kappa shape index (κ2) is 8.70. The summed E-state index contributed by atoms with van der Waals surface area (Å²) < 4.78 is 1.89. The number of carbonyl (C=O) groups excluding carboxylic acids is 1. The number of benzene rings is 1. The van der Waals surface area contributed by atoms with E-state index in [1.54, 1.807) is 12.4 Å². The van der Waals surface area contributed by atoms with Crippen LogP contribution in [0, 0.1) is 26.2 Å². The fraction of sp³-hybridized carbons (Fsp3) is 0.238. The molecule has 0 saturated heterocycles. The maximum Gasteiger partial charge on any atom is 0.226 e. The molecule has 2 aromatic rings. The van der Waals surface area contributed by atoms with E-state index in [1.807, 2.05) is 55.8 Å². The lowest BCUT2D eigenvalue weighted by Crippen LogP contribution is -2.14. The lowest BCUT2D eigenvalue weighted by atomic mass is 10.1. The summed E-state index contributed by atoms with van der Waals surface area (Å²) in [4.78, 5) is 16.5. The minimum atomic E-state index is -0.0185. The Morgan fingerprint density at radius 3 is 2.88 bits per heavy atom. The third kappa shape index (κ3) is 5.22. The topological polar surface area (TPSA) is 46.9 Å². The number of carbonyl (C=O) groups is 1. The van der Waals surface area contributed by atoms with Gasteiger partial charge >= 0.3 is 0 Å². The van der Waals surface area contributed by atoms with E-state index in [1.165, 1.54) is 5.56 Å². The first-order valence-electron chi connectivity index (χ1n) is 8.21.